The van der Waals surface area contributed by atoms with Crippen molar-refractivity contribution >= 4 is 29.1 Å². The van der Waals surface area contributed by atoms with Crippen molar-refractivity contribution in [2.24, 2.45) is 0 Å². The number of Topliss-reactive ketones (excluding diaryl/α,β-unsaturated/α-hetero) is 1. The van der Waals surface area contributed by atoms with E-state index < -0.39 is 17.7 Å². The molecule has 1 heterocycles. The molecule has 2 aromatic rings. The van der Waals surface area contributed by atoms with E-state index in [2.05, 4.69) is 0 Å². The van der Waals surface area contributed by atoms with Gasteiger partial charge in [-0.25, -0.2) is 0 Å². The molecule has 1 saturated heterocycles. The molecule has 1 amide bonds. The number of amides is 1. The summed E-state index contributed by atoms with van der Waals surface area (Å²) >= 11 is 6.14. The molecule has 188 valence electrons. The fourth-order valence-corrected chi connectivity index (χ4v) is 4.30. The molecule has 1 aliphatic rings. The minimum atomic E-state index is -0.802. The molecule has 0 saturated carbocycles. The molecule has 1 unspecified atom stereocenters. The van der Waals surface area contributed by atoms with Gasteiger partial charge in [-0.05, 0) is 69.9 Å². The van der Waals surface area contributed by atoms with E-state index in [0.29, 0.717) is 53.0 Å². The highest BCUT2D eigenvalue weighted by atomic mass is 35.5. The van der Waals surface area contributed by atoms with E-state index in [9.17, 15) is 14.7 Å². The molecular weight excluding hydrogens is 472 g/mol. The number of hydrogen-bond donors (Lipinski definition) is 1. The third-order valence-corrected chi connectivity index (χ3v) is 6.08. The summed E-state index contributed by atoms with van der Waals surface area (Å²) in [6.45, 7) is 3.39. The van der Waals surface area contributed by atoms with Crippen LogP contribution in [-0.2, 0) is 9.59 Å². The summed E-state index contributed by atoms with van der Waals surface area (Å²) in [5.74, 6) is -0.355. The summed E-state index contributed by atoms with van der Waals surface area (Å²) in [6.07, 6.45) is 0.652. The molecule has 1 aliphatic heterocycles. The van der Waals surface area contributed by atoms with Gasteiger partial charge in [0.2, 0.25) is 0 Å². The Kier molecular flexibility index (Phi) is 8.64. The van der Waals surface area contributed by atoms with Crippen LogP contribution in [0.5, 0.6) is 17.2 Å². The van der Waals surface area contributed by atoms with Crippen LogP contribution in [0.25, 0.3) is 5.76 Å². The fourth-order valence-electron chi connectivity index (χ4n) is 4.11. The second-order valence-electron chi connectivity index (χ2n) is 8.34. The number of carbonyl (C=O) groups excluding carboxylic acids is 2. The van der Waals surface area contributed by atoms with Gasteiger partial charge in [0.15, 0.2) is 11.5 Å². The van der Waals surface area contributed by atoms with Crippen LogP contribution in [0.2, 0.25) is 5.02 Å². The topological polar surface area (TPSA) is 88.5 Å². The number of carbonyl (C=O) groups is 2. The summed E-state index contributed by atoms with van der Waals surface area (Å²) in [4.78, 5) is 29.9. The van der Waals surface area contributed by atoms with Crippen LogP contribution in [0.1, 0.15) is 30.5 Å². The van der Waals surface area contributed by atoms with E-state index in [4.69, 9.17) is 25.8 Å². The number of aliphatic hydroxyl groups is 1. The number of hydrogen-bond acceptors (Lipinski definition) is 7. The summed E-state index contributed by atoms with van der Waals surface area (Å²) in [5.41, 5.74) is 0.938. The second-order valence-corrected chi connectivity index (χ2v) is 8.75. The molecule has 0 radical (unpaired) electrons. The molecule has 1 atom stereocenters. The first-order valence-electron chi connectivity index (χ1n) is 11.3. The molecule has 2 aromatic carbocycles. The summed E-state index contributed by atoms with van der Waals surface area (Å²) in [6, 6.07) is 9.13. The summed E-state index contributed by atoms with van der Waals surface area (Å²) < 4.78 is 16.4. The lowest BCUT2D eigenvalue weighted by atomic mass is 9.95. The predicted molar refractivity (Wildman–Crippen MR) is 134 cm³/mol. The third-order valence-electron chi connectivity index (χ3n) is 5.77. The Bertz CT molecular complexity index is 1130. The van der Waals surface area contributed by atoms with Gasteiger partial charge in [0.05, 0.1) is 37.5 Å². The number of nitrogens with zero attached hydrogens (tertiary/aromatic N) is 2. The van der Waals surface area contributed by atoms with Crippen LogP contribution in [0.15, 0.2) is 42.0 Å². The first-order chi connectivity index (χ1) is 16.7. The van der Waals surface area contributed by atoms with E-state index in [1.807, 2.05) is 25.9 Å². The van der Waals surface area contributed by atoms with Crippen LogP contribution >= 0.6 is 11.6 Å². The zero-order valence-electron chi connectivity index (χ0n) is 20.6. The van der Waals surface area contributed by atoms with Crippen molar-refractivity contribution in [3.05, 3.63) is 58.1 Å². The van der Waals surface area contributed by atoms with Gasteiger partial charge >= 0.3 is 0 Å². The van der Waals surface area contributed by atoms with Gasteiger partial charge in [-0.3, -0.25) is 9.59 Å². The molecule has 9 heteroatoms. The molecule has 8 nitrogen and oxygen atoms in total. The third kappa shape index (κ3) is 5.55. The highest BCUT2D eigenvalue weighted by Gasteiger charge is 2.46. The van der Waals surface area contributed by atoms with Crippen molar-refractivity contribution in [3.8, 4) is 17.2 Å². The average molecular weight is 503 g/mol. The Morgan fingerprint density at radius 1 is 1.06 bits per heavy atom. The number of methoxy groups -OCH3 is 2. The van der Waals surface area contributed by atoms with Crippen LogP contribution in [-0.4, -0.2) is 74.6 Å². The fraction of sp³-hybridized carbons (Fsp3) is 0.385. The summed E-state index contributed by atoms with van der Waals surface area (Å²) in [7, 11) is 6.87. The van der Waals surface area contributed by atoms with Gasteiger partial charge in [-0.2, -0.15) is 0 Å². The van der Waals surface area contributed by atoms with Gasteiger partial charge in [-0.1, -0.05) is 17.7 Å². The molecule has 0 bridgehead atoms. The highest BCUT2D eigenvalue weighted by Crippen LogP contribution is 2.42. The van der Waals surface area contributed by atoms with Gasteiger partial charge in [0.25, 0.3) is 11.7 Å². The number of ether oxygens (including phenoxy) is 3. The normalized spacial score (nSPS) is 17.2. The maximum Gasteiger partial charge on any atom is 0.295 e. The molecular formula is C26H31ClN2O6. The van der Waals surface area contributed by atoms with Crippen molar-refractivity contribution in [1.82, 2.24) is 9.80 Å². The van der Waals surface area contributed by atoms with E-state index in [1.165, 1.54) is 25.2 Å². The lowest BCUT2D eigenvalue weighted by Crippen LogP contribution is -2.32. The smallest absolute Gasteiger partial charge is 0.295 e. The zero-order valence-corrected chi connectivity index (χ0v) is 21.4. The van der Waals surface area contributed by atoms with Crippen molar-refractivity contribution in [1.29, 1.82) is 0 Å². The number of likely N-dealkylation sites (tertiary alicyclic amines) is 1. The highest BCUT2D eigenvalue weighted by molar-refractivity contribution is 6.46. The standard InChI is InChI=1S/C26H31ClN2O6/c1-6-35-19-11-9-16(14-21(19)34-5)23-22(24(30)17-8-10-18(27)20(15-17)33-4)25(31)26(32)29(23)13-7-12-28(2)3/h8-11,14-15,23,30H,6-7,12-13H2,1-5H3/b24-22-. The predicted octanol–water partition coefficient (Wildman–Crippen LogP) is 4.13. The van der Waals surface area contributed by atoms with Gasteiger partial charge in [0, 0.05) is 12.1 Å². The Hall–Kier alpha value is -3.23. The lowest BCUT2D eigenvalue weighted by Gasteiger charge is -2.26. The molecule has 35 heavy (non-hydrogen) atoms. The van der Waals surface area contributed by atoms with Crippen LogP contribution in [0.4, 0.5) is 0 Å². The zero-order chi connectivity index (χ0) is 25.7. The molecule has 1 N–H and O–H groups in total. The quantitative estimate of drug-likeness (QED) is 0.297. The average Bonchev–Trinajstić information content (AvgIpc) is 3.09. The number of rotatable bonds is 10. The maximum atomic E-state index is 13.2. The summed E-state index contributed by atoms with van der Waals surface area (Å²) in [5, 5.41) is 11.6. The van der Waals surface area contributed by atoms with E-state index in [0.717, 1.165) is 6.54 Å². The van der Waals surface area contributed by atoms with Crippen molar-refractivity contribution < 1.29 is 28.9 Å². The Morgan fingerprint density at radius 2 is 1.77 bits per heavy atom. The second kappa shape index (κ2) is 11.5. The molecule has 0 aliphatic carbocycles. The number of benzene rings is 2. The van der Waals surface area contributed by atoms with Crippen LogP contribution < -0.4 is 14.2 Å². The van der Waals surface area contributed by atoms with E-state index >= 15 is 0 Å². The number of aliphatic hydroxyl groups excluding tert-OH is 1. The number of ketones is 1. The molecule has 0 aromatic heterocycles. The Labute approximate surface area is 210 Å². The van der Waals surface area contributed by atoms with E-state index in [1.54, 1.807) is 30.3 Å². The SMILES string of the molecule is CCOc1ccc(C2/C(=C(/O)c3ccc(Cl)c(OC)c3)C(=O)C(=O)N2CCCN(C)C)cc1OC. The van der Waals surface area contributed by atoms with E-state index in [-0.39, 0.29) is 11.3 Å². The Balaban J connectivity index is 2.16. The van der Waals surface area contributed by atoms with Gasteiger partial charge < -0.3 is 29.1 Å². The number of halogens is 1. The molecule has 3 rings (SSSR count). The first kappa shape index (κ1) is 26.4. The van der Waals surface area contributed by atoms with Crippen molar-refractivity contribution in [3.63, 3.8) is 0 Å². The minimum Gasteiger partial charge on any atom is -0.507 e. The maximum absolute atomic E-state index is 13.2. The molecule has 0 spiro atoms. The van der Waals surface area contributed by atoms with Gasteiger partial charge in [0.1, 0.15) is 11.5 Å². The van der Waals surface area contributed by atoms with Crippen molar-refractivity contribution in [2.45, 2.75) is 19.4 Å². The monoisotopic (exact) mass is 502 g/mol. The lowest BCUT2D eigenvalue weighted by molar-refractivity contribution is -0.139. The molecule has 1 fully saturated rings. The largest absolute Gasteiger partial charge is 0.507 e. The minimum absolute atomic E-state index is 0.00422. The van der Waals surface area contributed by atoms with Gasteiger partial charge in [-0.15, -0.1) is 0 Å². The first-order valence-corrected chi connectivity index (χ1v) is 11.7. The van der Waals surface area contributed by atoms with Crippen LogP contribution in [0.3, 0.4) is 0 Å². The van der Waals surface area contributed by atoms with Crippen LogP contribution in [0, 0.1) is 0 Å². The Morgan fingerprint density at radius 3 is 2.40 bits per heavy atom. The van der Waals surface area contributed by atoms with Crippen molar-refractivity contribution in [2.75, 3.05) is 48.0 Å².